The Bertz CT molecular complexity index is 1120. The third-order valence-corrected chi connectivity index (χ3v) is 4.46. The highest BCUT2D eigenvalue weighted by atomic mass is 16.5. The molecule has 0 fully saturated rings. The van der Waals surface area contributed by atoms with Crippen molar-refractivity contribution < 1.29 is 19.0 Å². The van der Waals surface area contributed by atoms with Gasteiger partial charge in [-0.25, -0.2) is 0 Å². The molecule has 3 rings (SSSR count). The second-order valence-electron chi connectivity index (χ2n) is 6.51. The van der Waals surface area contributed by atoms with Crippen LogP contribution in [-0.4, -0.2) is 20.1 Å². The maximum absolute atomic E-state index is 12.7. The van der Waals surface area contributed by atoms with E-state index in [1.165, 1.54) is 20.3 Å². The summed E-state index contributed by atoms with van der Waals surface area (Å²) in [4.78, 5) is 12.7. The van der Waals surface area contributed by atoms with E-state index in [4.69, 9.17) is 14.2 Å². The van der Waals surface area contributed by atoms with Crippen LogP contribution in [0.25, 0.3) is 6.08 Å². The minimum absolute atomic E-state index is 0.0504. The van der Waals surface area contributed by atoms with E-state index in [9.17, 15) is 10.1 Å². The van der Waals surface area contributed by atoms with Crippen molar-refractivity contribution in [3.8, 4) is 23.3 Å². The monoisotopic (exact) mass is 414 g/mol. The van der Waals surface area contributed by atoms with E-state index in [1.807, 2.05) is 48.5 Å². The Morgan fingerprint density at radius 1 is 0.935 bits per heavy atom. The number of anilines is 1. The number of methoxy groups -OCH3 is 2. The van der Waals surface area contributed by atoms with Gasteiger partial charge in [-0.05, 0) is 29.8 Å². The predicted octanol–water partition coefficient (Wildman–Crippen LogP) is 4.83. The van der Waals surface area contributed by atoms with Crippen molar-refractivity contribution in [3.63, 3.8) is 0 Å². The van der Waals surface area contributed by atoms with Crippen LogP contribution in [0.3, 0.4) is 0 Å². The van der Waals surface area contributed by atoms with Gasteiger partial charge >= 0.3 is 0 Å². The zero-order valence-corrected chi connectivity index (χ0v) is 17.3. The molecule has 0 aliphatic carbocycles. The molecule has 3 aromatic rings. The van der Waals surface area contributed by atoms with Crippen molar-refractivity contribution in [1.82, 2.24) is 0 Å². The fraction of sp³-hybridized carbons (Fsp3) is 0.120. The predicted molar refractivity (Wildman–Crippen MR) is 119 cm³/mol. The van der Waals surface area contributed by atoms with Crippen LogP contribution < -0.4 is 19.5 Å². The first kappa shape index (κ1) is 21.5. The fourth-order valence-corrected chi connectivity index (χ4v) is 2.88. The summed E-state index contributed by atoms with van der Waals surface area (Å²) >= 11 is 0. The zero-order chi connectivity index (χ0) is 22.1. The fourth-order valence-electron chi connectivity index (χ4n) is 2.88. The number of benzene rings is 3. The number of amides is 1. The molecule has 0 spiro atoms. The molecular formula is C25H22N2O4. The second-order valence-corrected chi connectivity index (χ2v) is 6.51. The first-order valence-electron chi connectivity index (χ1n) is 9.55. The number of carbonyl (C=O) groups excluding carboxylic acids is 1. The van der Waals surface area contributed by atoms with Crippen LogP contribution >= 0.6 is 0 Å². The Morgan fingerprint density at radius 3 is 2.35 bits per heavy atom. The second kappa shape index (κ2) is 10.5. The molecule has 1 amide bonds. The molecule has 0 aliphatic rings. The molecule has 0 heterocycles. The number of para-hydroxylation sites is 1. The van der Waals surface area contributed by atoms with Crippen molar-refractivity contribution in [1.29, 1.82) is 5.26 Å². The van der Waals surface area contributed by atoms with Crippen LogP contribution in [0.5, 0.6) is 17.2 Å². The highest BCUT2D eigenvalue weighted by Gasteiger charge is 2.13. The summed E-state index contributed by atoms with van der Waals surface area (Å²) in [5, 5.41) is 12.3. The van der Waals surface area contributed by atoms with E-state index in [-0.39, 0.29) is 5.57 Å². The van der Waals surface area contributed by atoms with Gasteiger partial charge in [-0.2, -0.15) is 5.26 Å². The topological polar surface area (TPSA) is 80.6 Å². The SMILES string of the molecule is COc1ccc(NC(=O)/C(C#N)=C/c2ccccc2OCc2ccccc2)cc1OC. The summed E-state index contributed by atoms with van der Waals surface area (Å²) in [6.45, 7) is 0.380. The van der Waals surface area contributed by atoms with E-state index in [1.54, 1.807) is 30.3 Å². The average molecular weight is 414 g/mol. The molecule has 156 valence electrons. The summed E-state index contributed by atoms with van der Waals surface area (Å²) in [5.74, 6) is 1.06. The van der Waals surface area contributed by atoms with Crippen molar-refractivity contribution >= 4 is 17.7 Å². The molecule has 6 nitrogen and oxygen atoms in total. The van der Waals surface area contributed by atoms with Crippen molar-refractivity contribution in [2.75, 3.05) is 19.5 Å². The van der Waals surface area contributed by atoms with Gasteiger partial charge in [0.1, 0.15) is 24.0 Å². The maximum atomic E-state index is 12.7. The Balaban J connectivity index is 1.78. The molecule has 31 heavy (non-hydrogen) atoms. The molecule has 0 atom stereocenters. The van der Waals surface area contributed by atoms with Crippen LogP contribution in [0.4, 0.5) is 5.69 Å². The largest absolute Gasteiger partial charge is 0.493 e. The summed E-state index contributed by atoms with van der Waals surface area (Å²) in [6, 6.07) is 24.0. The molecular weight excluding hydrogens is 392 g/mol. The number of nitrogens with one attached hydrogen (secondary N) is 1. The molecule has 0 aromatic heterocycles. The number of hydrogen-bond acceptors (Lipinski definition) is 5. The van der Waals surface area contributed by atoms with E-state index in [2.05, 4.69) is 5.32 Å². The minimum atomic E-state index is -0.535. The van der Waals surface area contributed by atoms with Gasteiger partial charge in [0.05, 0.1) is 14.2 Å². The highest BCUT2D eigenvalue weighted by molar-refractivity contribution is 6.10. The lowest BCUT2D eigenvalue weighted by Gasteiger charge is -2.11. The number of ether oxygens (including phenoxy) is 3. The van der Waals surface area contributed by atoms with Gasteiger partial charge in [0.25, 0.3) is 5.91 Å². The summed E-state index contributed by atoms with van der Waals surface area (Å²) < 4.78 is 16.4. The maximum Gasteiger partial charge on any atom is 0.266 e. The van der Waals surface area contributed by atoms with E-state index >= 15 is 0 Å². The van der Waals surface area contributed by atoms with Crippen LogP contribution in [0.15, 0.2) is 78.4 Å². The number of rotatable bonds is 8. The first-order valence-corrected chi connectivity index (χ1v) is 9.55. The third kappa shape index (κ3) is 5.64. The number of nitrogens with zero attached hydrogens (tertiary/aromatic N) is 1. The molecule has 0 bridgehead atoms. The number of carbonyl (C=O) groups is 1. The minimum Gasteiger partial charge on any atom is -0.493 e. The molecule has 0 unspecified atom stereocenters. The summed E-state index contributed by atoms with van der Waals surface area (Å²) in [5.41, 5.74) is 2.09. The van der Waals surface area contributed by atoms with Crippen molar-refractivity contribution in [2.24, 2.45) is 0 Å². The van der Waals surface area contributed by atoms with Gasteiger partial charge in [0.2, 0.25) is 0 Å². The molecule has 0 aliphatic heterocycles. The molecule has 1 N–H and O–H groups in total. The molecule has 3 aromatic carbocycles. The smallest absolute Gasteiger partial charge is 0.266 e. The molecule has 6 heteroatoms. The number of hydrogen-bond donors (Lipinski definition) is 1. The standard InChI is InChI=1S/C25H22N2O4/c1-29-23-13-12-21(15-24(23)30-2)27-25(28)20(16-26)14-19-10-6-7-11-22(19)31-17-18-8-4-3-5-9-18/h3-15H,17H2,1-2H3,(H,27,28)/b20-14+. The Kier molecular flexibility index (Phi) is 7.28. The Hall–Kier alpha value is -4.24. The van der Waals surface area contributed by atoms with Gasteiger partial charge in [-0.1, -0.05) is 48.5 Å². The van der Waals surface area contributed by atoms with Crippen LogP contribution in [0.2, 0.25) is 0 Å². The quantitative estimate of drug-likeness (QED) is 0.422. The van der Waals surface area contributed by atoms with Crippen molar-refractivity contribution in [2.45, 2.75) is 6.61 Å². The van der Waals surface area contributed by atoms with Crippen LogP contribution in [-0.2, 0) is 11.4 Å². The normalized spacial score (nSPS) is 10.7. The van der Waals surface area contributed by atoms with E-state index in [0.717, 1.165) is 5.56 Å². The molecule has 0 saturated carbocycles. The van der Waals surface area contributed by atoms with Gasteiger partial charge in [0, 0.05) is 17.3 Å². The van der Waals surface area contributed by atoms with Gasteiger partial charge in [0.15, 0.2) is 11.5 Å². The lowest BCUT2D eigenvalue weighted by Crippen LogP contribution is -2.13. The van der Waals surface area contributed by atoms with Gasteiger partial charge < -0.3 is 19.5 Å². The summed E-state index contributed by atoms with van der Waals surface area (Å²) in [6.07, 6.45) is 1.51. The van der Waals surface area contributed by atoms with Crippen LogP contribution in [0, 0.1) is 11.3 Å². The average Bonchev–Trinajstić information content (AvgIpc) is 2.82. The zero-order valence-electron chi connectivity index (χ0n) is 17.3. The van der Waals surface area contributed by atoms with Gasteiger partial charge in [-0.15, -0.1) is 0 Å². The third-order valence-electron chi connectivity index (χ3n) is 4.46. The lowest BCUT2D eigenvalue weighted by atomic mass is 10.1. The molecule has 0 radical (unpaired) electrons. The van der Waals surface area contributed by atoms with E-state index in [0.29, 0.717) is 35.1 Å². The lowest BCUT2D eigenvalue weighted by molar-refractivity contribution is -0.112. The van der Waals surface area contributed by atoms with Crippen molar-refractivity contribution in [3.05, 3.63) is 89.5 Å². The van der Waals surface area contributed by atoms with Crippen LogP contribution in [0.1, 0.15) is 11.1 Å². The molecule has 0 saturated heterocycles. The number of nitriles is 1. The Labute approximate surface area is 181 Å². The first-order chi connectivity index (χ1) is 15.1. The van der Waals surface area contributed by atoms with E-state index < -0.39 is 5.91 Å². The Morgan fingerprint density at radius 2 is 1.65 bits per heavy atom. The summed E-state index contributed by atoms with van der Waals surface area (Å²) in [7, 11) is 3.04. The highest BCUT2D eigenvalue weighted by Crippen LogP contribution is 2.30. The van der Waals surface area contributed by atoms with Gasteiger partial charge in [-0.3, -0.25) is 4.79 Å².